The van der Waals surface area contributed by atoms with Crippen molar-refractivity contribution in [3.05, 3.63) is 63.2 Å². The van der Waals surface area contributed by atoms with Gasteiger partial charge in [-0.25, -0.2) is 4.79 Å². The first-order valence-corrected chi connectivity index (χ1v) is 6.24. The first-order valence-electron chi connectivity index (χ1n) is 6.24. The number of aryl methyl sites for hydroxylation is 2. The molecule has 21 heavy (non-hydrogen) atoms. The molecule has 0 radical (unpaired) electrons. The smallest absolute Gasteiger partial charge is 0.336 e. The zero-order valence-electron chi connectivity index (χ0n) is 11.6. The molecule has 108 valence electrons. The van der Waals surface area contributed by atoms with Crippen molar-refractivity contribution >= 4 is 23.0 Å². The molecule has 2 aromatic carbocycles. The summed E-state index contributed by atoms with van der Waals surface area (Å²) in [5.41, 5.74) is 2.70. The molecule has 6 heteroatoms. The molecule has 6 nitrogen and oxygen atoms in total. The number of hydrogen-bond acceptors (Lipinski definition) is 4. The summed E-state index contributed by atoms with van der Waals surface area (Å²) >= 11 is 0. The van der Waals surface area contributed by atoms with Gasteiger partial charge in [-0.05, 0) is 43.2 Å². The first kappa shape index (κ1) is 14.5. The number of nitro groups is 1. The van der Waals surface area contributed by atoms with Gasteiger partial charge in [0.1, 0.15) is 0 Å². The number of carbonyl (C=O) groups is 1. The second-order valence-corrected chi connectivity index (χ2v) is 4.77. The minimum Gasteiger partial charge on any atom is -0.478 e. The zero-order chi connectivity index (χ0) is 15.6. The molecule has 0 saturated carbocycles. The Morgan fingerprint density at radius 1 is 1.14 bits per heavy atom. The maximum Gasteiger partial charge on any atom is 0.336 e. The van der Waals surface area contributed by atoms with Crippen molar-refractivity contribution in [2.45, 2.75) is 13.8 Å². The van der Waals surface area contributed by atoms with Crippen molar-refractivity contribution in [2.75, 3.05) is 5.32 Å². The molecular formula is C15H14N2O4. The summed E-state index contributed by atoms with van der Waals surface area (Å²) in [6.45, 7) is 3.47. The van der Waals surface area contributed by atoms with Gasteiger partial charge in [-0.2, -0.15) is 0 Å². The van der Waals surface area contributed by atoms with E-state index in [0.717, 1.165) is 5.56 Å². The molecule has 0 bridgehead atoms. The third-order valence-corrected chi connectivity index (χ3v) is 3.03. The molecule has 2 N–H and O–H groups in total. The number of nitro benzene ring substituents is 1. The minimum absolute atomic E-state index is 0.0110. The van der Waals surface area contributed by atoms with E-state index in [4.69, 9.17) is 5.11 Å². The maximum atomic E-state index is 11.1. The number of nitrogens with zero attached hydrogens (tertiary/aromatic N) is 1. The monoisotopic (exact) mass is 286 g/mol. The highest BCUT2D eigenvalue weighted by atomic mass is 16.6. The number of non-ortho nitro benzene ring substituents is 1. The molecule has 0 aliphatic heterocycles. The van der Waals surface area contributed by atoms with Gasteiger partial charge in [-0.3, -0.25) is 10.1 Å². The Morgan fingerprint density at radius 2 is 1.86 bits per heavy atom. The summed E-state index contributed by atoms with van der Waals surface area (Å²) in [7, 11) is 0. The van der Waals surface area contributed by atoms with Crippen LogP contribution in [0.5, 0.6) is 0 Å². The van der Waals surface area contributed by atoms with Crippen molar-refractivity contribution in [1.82, 2.24) is 0 Å². The predicted octanol–water partition coefficient (Wildman–Crippen LogP) is 3.65. The van der Waals surface area contributed by atoms with Crippen LogP contribution in [0.15, 0.2) is 36.4 Å². The number of anilines is 2. The van der Waals surface area contributed by atoms with Gasteiger partial charge in [-0.1, -0.05) is 6.07 Å². The molecule has 0 amide bonds. The Balaban J connectivity index is 2.36. The fraction of sp³-hybridized carbons (Fsp3) is 0.133. The van der Waals surface area contributed by atoms with E-state index in [1.165, 1.54) is 18.2 Å². The van der Waals surface area contributed by atoms with Gasteiger partial charge in [0.15, 0.2) is 0 Å². The average molecular weight is 286 g/mol. The molecule has 0 aliphatic carbocycles. The third-order valence-electron chi connectivity index (χ3n) is 3.03. The van der Waals surface area contributed by atoms with Gasteiger partial charge in [0.2, 0.25) is 0 Å². The number of hydrogen-bond donors (Lipinski definition) is 2. The number of aromatic carboxylic acids is 1. The molecule has 0 spiro atoms. The van der Waals surface area contributed by atoms with Gasteiger partial charge < -0.3 is 10.4 Å². The predicted molar refractivity (Wildman–Crippen MR) is 79.3 cm³/mol. The average Bonchev–Trinajstić information content (AvgIpc) is 2.40. The van der Waals surface area contributed by atoms with E-state index >= 15 is 0 Å². The van der Waals surface area contributed by atoms with E-state index < -0.39 is 10.9 Å². The van der Waals surface area contributed by atoms with Crippen LogP contribution in [0.4, 0.5) is 17.1 Å². The van der Waals surface area contributed by atoms with E-state index in [1.54, 1.807) is 32.0 Å². The third kappa shape index (κ3) is 3.36. The van der Waals surface area contributed by atoms with Crippen LogP contribution in [-0.4, -0.2) is 16.0 Å². The second kappa shape index (κ2) is 5.62. The molecule has 2 rings (SSSR count). The lowest BCUT2D eigenvalue weighted by Crippen LogP contribution is -2.01. The highest BCUT2D eigenvalue weighted by Gasteiger charge is 2.10. The van der Waals surface area contributed by atoms with Crippen LogP contribution >= 0.6 is 0 Å². The van der Waals surface area contributed by atoms with Crippen LogP contribution in [0.2, 0.25) is 0 Å². The van der Waals surface area contributed by atoms with Crippen LogP contribution in [-0.2, 0) is 0 Å². The second-order valence-electron chi connectivity index (χ2n) is 4.77. The van der Waals surface area contributed by atoms with Crippen LogP contribution in [0.3, 0.4) is 0 Å². The molecule has 0 aromatic heterocycles. The quantitative estimate of drug-likeness (QED) is 0.661. The number of nitrogens with one attached hydrogen (secondary N) is 1. The summed E-state index contributed by atoms with van der Waals surface area (Å²) in [5.74, 6) is -1.01. The van der Waals surface area contributed by atoms with Crippen molar-refractivity contribution in [3.8, 4) is 0 Å². The Labute approximate surface area is 121 Å². The number of benzene rings is 2. The van der Waals surface area contributed by atoms with Gasteiger partial charge >= 0.3 is 5.97 Å². The van der Waals surface area contributed by atoms with Gasteiger partial charge in [0.05, 0.1) is 10.5 Å². The Hall–Kier alpha value is -2.89. The minimum atomic E-state index is -1.01. The van der Waals surface area contributed by atoms with Crippen LogP contribution in [0.1, 0.15) is 21.5 Å². The fourth-order valence-electron chi connectivity index (χ4n) is 2.04. The Morgan fingerprint density at radius 3 is 2.48 bits per heavy atom. The summed E-state index contributed by atoms with van der Waals surface area (Å²) in [4.78, 5) is 21.5. The summed E-state index contributed by atoms with van der Waals surface area (Å²) in [5, 5.41) is 22.9. The lowest BCUT2D eigenvalue weighted by atomic mass is 10.1. The van der Waals surface area contributed by atoms with E-state index in [1.807, 2.05) is 0 Å². The summed E-state index contributed by atoms with van der Waals surface area (Å²) < 4.78 is 0. The number of rotatable bonds is 4. The standard InChI is InChI=1S/C15H14N2O4/c1-9-5-12(7-13(6-9)17(20)21)16-11-4-3-10(2)14(8-11)15(18)19/h3-8,16H,1-2H3,(H,18,19). The molecule has 0 aliphatic rings. The Bertz CT molecular complexity index is 726. The lowest BCUT2D eigenvalue weighted by Gasteiger charge is -2.09. The number of carboxylic acids is 1. The fourth-order valence-corrected chi connectivity index (χ4v) is 2.04. The van der Waals surface area contributed by atoms with Gasteiger partial charge in [0.25, 0.3) is 5.69 Å². The van der Waals surface area contributed by atoms with E-state index in [2.05, 4.69) is 5.32 Å². The zero-order valence-corrected chi connectivity index (χ0v) is 11.6. The van der Waals surface area contributed by atoms with E-state index in [0.29, 0.717) is 16.9 Å². The van der Waals surface area contributed by atoms with Crippen LogP contribution in [0.25, 0.3) is 0 Å². The lowest BCUT2D eigenvalue weighted by molar-refractivity contribution is -0.384. The molecule has 0 atom stereocenters. The van der Waals surface area contributed by atoms with Crippen LogP contribution < -0.4 is 5.32 Å². The van der Waals surface area contributed by atoms with Crippen molar-refractivity contribution in [3.63, 3.8) is 0 Å². The molecule has 0 saturated heterocycles. The molecular weight excluding hydrogens is 272 g/mol. The van der Waals surface area contributed by atoms with Gasteiger partial charge in [0, 0.05) is 23.5 Å². The molecule has 0 heterocycles. The highest BCUT2D eigenvalue weighted by molar-refractivity contribution is 5.90. The first-order chi connectivity index (χ1) is 9.86. The molecule has 2 aromatic rings. The van der Waals surface area contributed by atoms with Crippen molar-refractivity contribution in [1.29, 1.82) is 0 Å². The number of carboxylic acid groups (broad SMARTS) is 1. The van der Waals surface area contributed by atoms with Crippen molar-refractivity contribution in [2.24, 2.45) is 0 Å². The van der Waals surface area contributed by atoms with E-state index in [9.17, 15) is 14.9 Å². The maximum absolute atomic E-state index is 11.1. The highest BCUT2D eigenvalue weighted by Crippen LogP contribution is 2.25. The van der Waals surface area contributed by atoms with Crippen LogP contribution in [0, 0.1) is 24.0 Å². The van der Waals surface area contributed by atoms with E-state index in [-0.39, 0.29) is 11.3 Å². The molecule has 0 unspecified atom stereocenters. The normalized spacial score (nSPS) is 10.2. The van der Waals surface area contributed by atoms with Crippen molar-refractivity contribution < 1.29 is 14.8 Å². The topological polar surface area (TPSA) is 92.5 Å². The summed E-state index contributed by atoms with van der Waals surface area (Å²) in [6, 6.07) is 9.57. The largest absolute Gasteiger partial charge is 0.478 e. The molecule has 0 fully saturated rings. The Kier molecular flexibility index (Phi) is 3.89. The summed E-state index contributed by atoms with van der Waals surface area (Å²) in [6.07, 6.45) is 0. The van der Waals surface area contributed by atoms with Gasteiger partial charge in [-0.15, -0.1) is 0 Å². The SMILES string of the molecule is Cc1cc(Nc2ccc(C)c(C(=O)O)c2)cc([N+](=O)[O-])c1.